The predicted octanol–water partition coefficient (Wildman–Crippen LogP) is 4.72. The molecule has 0 saturated heterocycles. The van der Waals surface area contributed by atoms with E-state index in [0.29, 0.717) is 17.3 Å². The highest BCUT2D eigenvalue weighted by Gasteiger charge is 2.32. The highest BCUT2D eigenvalue weighted by atomic mass is 16.5. The van der Waals surface area contributed by atoms with Crippen LogP contribution in [0.15, 0.2) is 36.4 Å². The monoisotopic (exact) mass is 421 g/mol. The highest BCUT2D eigenvalue weighted by molar-refractivity contribution is 5.94. The van der Waals surface area contributed by atoms with E-state index in [1.54, 1.807) is 17.9 Å². The molecule has 2 saturated carbocycles. The zero-order valence-corrected chi connectivity index (χ0v) is 17.7. The van der Waals surface area contributed by atoms with Gasteiger partial charge in [0, 0.05) is 19.1 Å². The van der Waals surface area contributed by atoms with Crippen molar-refractivity contribution >= 4 is 17.0 Å². The second-order valence-corrected chi connectivity index (χ2v) is 8.48. The van der Waals surface area contributed by atoms with Crippen molar-refractivity contribution in [2.75, 3.05) is 7.11 Å². The molecule has 0 unspecified atom stereocenters. The molecule has 0 spiro atoms. The van der Waals surface area contributed by atoms with Gasteiger partial charge in [-0.3, -0.25) is 0 Å². The normalized spacial score (nSPS) is 21.7. The molecule has 2 atom stereocenters. The predicted molar refractivity (Wildman–Crippen MR) is 116 cm³/mol. The van der Waals surface area contributed by atoms with Crippen molar-refractivity contribution in [1.82, 2.24) is 14.8 Å². The van der Waals surface area contributed by atoms with Gasteiger partial charge in [-0.15, -0.1) is 0 Å². The largest absolute Gasteiger partial charge is 0.487 e. The van der Waals surface area contributed by atoms with Gasteiger partial charge in [0.1, 0.15) is 11.9 Å². The molecule has 0 amide bonds. The summed E-state index contributed by atoms with van der Waals surface area (Å²) in [5.74, 6) is -0.179. The molecular weight excluding hydrogens is 394 g/mol. The molecule has 5 rings (SSSR count). The summed E-state index contributed by atoms with van der Waals surface area (Å²) in [6.45, 7) is 0. The first-order chi connectivity index (χ1) is 15.2. The van der Waals surface area contributed by atoms with Crippen molar-refractivity contribution in [3.8, 4) is 11.4 Å². The molecule has 0 aliphatic heterocycles. The van der Waals surface area contributed by atoms with Crippen LogP contribution in [0.2, 0.25) is 0 Å². The molecule has 0 bridgehead atoms. The second kappa shape index (κ2) is 8.30. The zero-order chi connectivity index (χ0) is 21.4. The molecule has 7 nitrogen and oxygen atoms in total. The van der Waals surface area contributed by atoms with E-state index in [1.807, 2.05) is 30.3 Å². The lowest BCUT2D eigenvalue weighted by Crippen LogP contribution is -2.36. The Bertz CT molecular complexity index is 1090. The number of ether oxygens (including phenoxy) is 2. The number of nitrogens with zero attached hydrogens (tertiary/aromatic N) is 3. The highest BCUT2D eigenvalue weighted by Crippen LogP contribution is 2.43. The average Bonchev–Trinajstić information content (AvgIpc) is 3.13. The van der Waals surface area contributed by atoms with E-state index in [-0.39, 0.29) is 17.9 Å². The lowest BCUT2D eigenvalue weighted by atomic mass is 9.82. The fourth-order valence-corrected chi connectivity index (χ4v) is 4.66. The van der Waals surface area contributed by atoms with Crippen LogP contribution in [0.4, 0.5) is 0 Å². The van der Waals surface area contributed by atoms with Crippen molar-refractivity contribution < 1.29 is 19.4 Å². The van der Waals surface area contributed by atoms with Crippen LogP contribution >= 0.6 is 0 Å². The van der Waals surface area contributed by atoms with Gasteiger partial charge in [-0.25, -0.2) is 14.5 Å². The van der Waals surface area contributed by atoms with Gasteiger partial charge in [0.2, 0.25) is 0 Å². The number of hydrogen-bond acceptors (Lipinski definition) is 5. The number of carbonyl (C=O) groups is 1. The quantitative estimate of drug-likeness (QED) is 0.620. The van der Waals surface area contributed by atoms with Crippen LogP contribution in [0, 0.1) is 0 Å². The van der Waals surface area contributed by atoms with Gasteiger partial charge in [0.15, 0.2) is 11.3 Å². The number of aromatic carboxylic acids is 1. The summed E-state index contributed by atoms with van der Waals surface area (Å²) in [7, 11) is 1.71. The molecule has 2 aliphatic rings. The Labute approximate surface area is 181 Å². The molecule has 2 aliphatic carbocycles. The third-order valence-electron chi connectivity index (χ3n) is 6.56. The zero-order valence-electron chi connectivity index (χ0n) is 17.7. The Hall–Kier alpha value is -2.93. The first-order valence-corrected chi connectivity index (χ1v) is 11.1. The van der Waals surface area contributed by atoms with Gasteiger partial charge in [-0.05, 0) is 44.2 Å². The summed E-state index contributed by atoms with van der Waals surface area (Å²) in [5.41, 5.74) is 2.30. The molecule has 1 N–H and O–H groups in total. The molecule has 3 aromatic rings. The number of pyridine rings is 1. The van der Waals surface area contributed by atoms with Crippen LogP contribution in [-0.4, -0.2) is 45.2 Å². The number of rotatable bonds is 6. The summed E-state index contributed by atoms with van der Waals surface area (Å²) < 4.78 is 13.9. The smallest absolute Gasteiger partial charge is 0.354 e. The Morgan fingerprint density at radius 3 is 2.45 bits per heavy atom. The van der Waals surface area contributed by atoms with Crippen LogP contribution in [0.25, 0.3) is 16.7 Å². The number of para-hydroxylation sites is 1. The lowest BCUT2D eigenvalue weighted by Gasteiger charge is -2.31. The third kappa shape index (κ3) is 3.67. The van der Waals surface area contributed by atoms with E-state index in [2.05, 4.69) is 4.98 Å². The van der Waals surface area contributed by atoms with E-state index in [1.165, 1.54) is 6.42 Å². The molecule has 162 valence electrons. The summed E-state index contributed by atoms with van der Waals surface area (Å²) in [5, 5.41) is 15.5. The SMILES string of the molecule is CO[C@H]1CCCC[C@@H]1Oc1cc(C(=O)O)nc2c1c(C1CCC1)nn2-c1ccccc1. The van der Waals surface area contributed by atoms with Crippen molar-refractivity contribution in [2.24, 2.45) is 0 Å². The van der Waals surface area contributed by atoms with Gasteiger partial charge in [0.05, 0.1) is 22.9 Å². The maximum atomic E-state index is 11.9. The average molecular weight is 421 g/mol. The number of fused-ring (bicyclic) bond motifs is 1. The van der Waals surface area contributed by atoms with Gasteiger partial charge in [-0.1, -0.05) is 31.0 Å². The minimum absolute atomic E-state index is 0.00145. The number of carboxylic acids is 1. The van der Waals surface area contributed by atoms with Crippen LogP contribution < -0.4 is 4.74 Å². The van der Waals surface area contributed by atoms with Crippen molar-refractivity contribution in [1.29, 1.82) is 0 Å². The minimum Gasteiger partial charge on any atom is -0.487 e. The molecule has 0 radical (unpaired) electrons. The first kappa shape index (κ1) is 20.0. The minimum atomic E-state index is -1.08. The molecule has 2 fully saturated rings. The van der Waals surface area contributed by atoms with E-state index >= 15 is 0 Å². The lowest BCUT2D eigenvalue weighted by molar-refractivity contribution is -0.0223. The number of methoxy groups -OCH3 is 1. The van der Waals surface area contributed by atoms with Crippen molar-refractivity contribution in [2.45, 2.75) is 63.1 Å². The number of benzene rings is 1. The number of hydrogen-bond donors (Lipinski definition) is 1. The fraction of sp³-hybridized carbons (Fsp3) is 0.458. The van der Waals surface area contributed by atoms with E-state index in [0.717, 1.165) is 55.3 Å². The molecule has 31 heavy (non-hydrogen) atoms. The summed E-state index contributed by atoms with van der Waals surface area (Å²) in [6.07, 6.45) is 7.23. The Balaban J connectivity index is 1.69. The summed E-state index contributed by atoms with van der Waals surface area (Å²) in [4.78, 5) is 16.4. The molecular formula is C24H27N3O4. The maximum absolute atomic E-state index is 11.9. The van der Waals surface area contributed by atoms with Crippen LogP contribution in [-0.2, 0) is 4.74 Å². The summed E-state index contributed by atoms with van der Waals surface area (Å²) >= 11 is 0. The number of carboxylic acid groups (broad SMARTS) is 1. The number of aromatic nitrogens is 3. The van der Waals surface area contributed by atoms with Crippen molar-refractivity contribution in [3.05, 3.63) is 47.8 Å². The van der Waals surface area contributed by atoms with Gasteiger partial charge >= 0.3 is 5.97 Å². The van der Waals surface area contributed by atoms with E-state index in [9.17, 15) is 9.90 Å². The fourth-order valence-electron chi connectivity index (χ4n) is 4.66. The Morgan fingerprint density at radius 2 is 1.81 bits per heavy atom. The van der Waals surface area contributed by atoms with Gasteiger partial charge in [-0.2, -0.15) is 5.10 Å². The van der Waals surface area contributed by atoms with E-state index in [4.69, 9.17) is 14.6 Å². The topological polar surface area (TPSA) is 86.5 Å². The summed E-state index contributed by atoms with van der Waals surface area (Å²) in [6, 6.07) is 11.3. The second-order valence-electron chi connectivity index (χ2n) is 8.48. The van der Waals surface area contributed by atoms with Crippen LogP contribution in [0.5, 0.6) is 5.75 Å². The van der Waals surface area contributed by atoms with E-state index < -0.39 is 5.97 Å². The molecule has 2 heterocycles. The molecule has 7 heteroatoms. The Kier molecular flexibility index (Phi) is 5.36. The van der Waals surface area contributed by atoms with Gasteiger partial charge in [0.25, 0.3) is 0 Å². The Morgan fingerprint density at radius 1 is 1.06 bits per heavy atom. The standard InChI is InChI=1S/C24H27N3O4/c1-30-18-12-5-6-13-19(18)31-20-14-17(24(28)29)25-23-21(20)22(15-8-7-9-15)26-27(23)16-10-3-2-4-11-16/h2-4,10-11,14-15,18-19H,5-9,12-13H2,1H3,(H,28,29)/t18-,19-/m0/s1. The molecule has 2 aromatic heterocycles. The maximum Gasteiger partial charge on any atom is 0.354 e. The van der Waals surface area contributed by atoms with Gasteiger partial charge < -0.3 is 14.6 Å². The van der Waals surface area contributed by atoms with Crippen molar-refractivity contribution in [3.63, 3.8) is 0 Å². The van der Waals surface area contributed by atoms with Crippen LogP contribution in [0.1, 0.15) is 67.0 Å². The first-order valence-electron chi connectivity index (χ1n) is 11.1. The van der Waals surface area contributed by atoms with Crippen LogP contribution in [0.3, 0.4) is 0 Å². The third-order valence-corrected chi connectivity index (χ3v) is 6.56. The molecule has 1 aromatic carbocycles.